The second-order valence-electron chi connectivity index (χ2n) is 4.51. The molecule has 1 atom stereocenters. The van der Waals surface area contributed by atoms with Gasteiger partial charge >= 0.3 is 0 Å². The van der Waals surface area contributed by atoms with E-state index in [1.54, 1.807) is 0 Å². The SMILES string of the molecule is CCN(CCCl)C(C)Oc1cccc2ccccc12.Cl. The molecular formula is C16H21Cl2NO. The molecule has 0 fully saturated rings. The van der Waals surface area contributed by atoms with Crippen molar-refractivity contribution in [3.05, 3.63) is 42.5 Å². The van der Waals surface area contributed by atoms with Gasteiger partial charge < -0.3 is 4.74 Å². The Morgan fingerprint density at radius 3 is 2.55 bits per heavy atom. The first-order valence-corrected chi connectivity index (χ1v) is 7.24. The number of hydrogen-bond donors (Lipinski definition) is 0. The minimum absolute atomic E-state index is 0. The van der Waals surface area contributed by atoms with Crippen molar-refractivity contribution in [3.63, 3.8) is 0 Å². The smallest absolute Gasteiger partial charge is 0.149 e. The average Bonchev–Trinajstić information content (AvgIpc) is 2.45. The van der Waals surface area contributed by atoms with Gasteiger partial charge in [0, 0.05) is 17.8 Å². The molecule has 4 heteroatoms. The predicted molar refractivity (Wildman–Crippen MR) is 89.3 cm³/mol. The van der Waals surface area contributed by atoms with Crippen LogP contribution in [0.1, 0.15) is 13.8 Å². The fourth-order valence-corrected chi connectivity index (χ4v) is 2.48. The maximum atomic E-state index is 6.10. The summed E-state index contributed by atoms with van der Waals surface area (Å²) in [5.74, 6) is 1.55. The zero-order valence-corrected chi connectivity index (χ0v) is 13.5. The Kier molecular flexibility index (Phi) is 7.14. The lowest BCUT2D eigenvalue weighted by atomic mass is 10.1. The molecule has 2 nitrogen and oxygen atoms in total. The Morgan fingerprint density at radius 2 is 1.85 bits per heavy atom. The number of hydrogen-bond acceptors (Lipinski definition) is 2. The first kappa shape index (κ1) is 17.1. The summed E-state index contributed by atoms with van der Waals surface area (Å²) in [6.45, 7) is 5.95. The van der Waals surface area contributed by atoms with E-state index < -0.39 is 0 Å². The molecule has 2 aromatic carbocycles. The van der Waals surface area contributed by atoms with Crippen LogP contribution in [0.15, 0.2) is 42.5 Å². The van der Waals surface area contributed by atoms with Crippen molar-refractivity contribution < 1.29 is 4.74 Å². The highest BCUT2D eigenvalue weighted by atomic mass is 35.5. The number of alkyl halides is 1. The molecular weight excluding hydrogens is 293 g/mol. The molecule has 2 rings (SSSR count). The van der Waals surface area contributed by atoms with Crippen LogP contribution in [0.25, 0.3) is 10.8 Å². The Bertz CT molecular complexity index is 527. The van der Waals surface area contributed by atoms with Gasteiger partial charge in [0.2, 0.25) is 0 Å². The Balaban J connectivity index is 0.00000200. The summed E-state index contributed by atoms with van der Waals surface area (Å²) >= 11 is 5.82. The Morgan fingerprint density at radius 1 is 1.15 bits per heavy atom. The van der Waals surface area contributed by atoms with E-state index >= 15 is 0 Å². The van der Waals surface area contributed by atoms with Gasteiger partial charge in [-0.2, -0.15) is 0 Å². The average molecular weight is 314 g/mol. The number of rotatable bonds is 6. The molecule has 0 heterocycles. The summed E-state index contributed by atoms with van der Waals surface area (Å²) in [6, 6.07) is 14.4. The van der Waals surface area contributed by atoms with Crippen LogP contribution in [0.2, 0.25) is 0 Å². The van der Waals surface area contributed by atoms with Crippen molar-refractivity contribution >= 4 is 34.8 Å². The fourth-order valence-electron chi connectivity index (χ4n) is 2.26. The van der Waals surface area contributed by atoms with Crippen LogP contribution in [-0.2, 0) is 0 Å². The summed E-state index contributed by atoms with van der Waals surface area (Å²) in [7, 11) is 0. The van der Waals surface area contributed by atoms with Gasteiger partial charge in [0.1, 0.15) is 12.0 Å². The normalized spacial score (nSPS) is 12.2. The number of ether oxygens (including phenoxy) is 1. The standard InChI is InChI=1S/C16H20ClNO.ClH/c1-3-18(12-11-17)13(2)19-16-10-6-8-14-7-4-5-9-15(14)16;/h4-10,13H,3,11-12H2,1-2H3;1H. The minimum Gasteiger partial charge on any atom is -0.475 e. The highest BCUT2D eigenvalue weighted by Gasteiger charge is 2.13. The molecule has 0 saturated heterocycles. The summed E-state index contributed by atoms with van der Waals surface area (Å²) in [5.41, 5.74) is 0. The second kappa shape index (κ2) is 8.35. The van der Waals surface area contributed by atoms with Gasteiger partial charge in [-0.3, -0.25) is 4.90 Å². The van der Waals surface area contributed by atoms with Crippen LogP contribution in [0.5, 0.6) is 5.75 Å². The molecule has 0 N–H and O–H groups in total. The molecule has 0 radical (unpaired) electrons. The fraction of sp³-hybridized carbons (Fsp3) is 0.375. The van der Waals surface area contributed by atoms with Crippen molar-refractivity contribution in [2.45, 2.75) is 20.1 Å². The van der Waals surface area contributed by atoms with Crippen LogP contribution in [-0.4, -0.2) is 30.1 Å². The third-order valence-corrected chi connectivity index (χ3v) is 3.51. The second-order valence-corrected chi connectivity index (χ2v) is 4.89. The quantitative estimate of drug-likeness (QED) is 0.573. The lowest BCUT2D eigenvalue weighted by molar-refractivity contribution is 0.0500. The molecule has 0 spiro atoms. The van der Waals surface area contributed by atoms with Crippen LogP contribution < -0.4 is 4.74 Å². The molecule has 110 valence electrons. The lowest BCUT2D eigenvalue weighted by Crippen LogP contribution is -2.38. The van der Waals surface area contributed by atoms with Gasteiger partial charge in [0.15, 0.2) is 0 Å². The summed E-state index contributed by atoms with van der Waals surface area (Å²) in [4.78, 5) is 2.22. The molecule has 0 aliphatic rings. The third-order valence-electron chi connectivity index (χ3n) is 3.34. The van der Waals surface area contributed by atoms with Crippen LogP contribution in [0, 0.1) is 0 Å². The number of fused-ring (bicyclic) bond motifs is 1. The first-order chi connectivity index (χ1) is 9.26. The highest BCUT2D eigenvalue weighted by Crippen LogP contribution is 2.26. The number of halogens is 2. The van der Waals surface area contributed by atoms with Gasteiger partial charge in [-0.25, -0.2) is 0 Å². The van der Waals surface area contributed by atoms with Gasteiger partial charge in [-0.15, -0.1) is 24.0 Å². The molecule has 20 heavy (non-hydrogen) atoms. The van der Waals surface area contributed by atoms with E-state index in [9.17, 15) is 0 Å². The highest BCUT2D eigenvalue weighted by molar-refractivity contribution is 6.18. The maximum Gasteiger partial charge on any atom is 0.149 e. The van der Waals surface area contributed by atoms with E-state index in [1.807, 2.05) is 24.3 Å². The third kappa shape index (κ3) is 4.02. The zero-order chi connectivity index (χ0) is 13.7. The van der Waals surface area contributed by atoms with Crippen LogP contribution in [0.4, 0.5) is 0 Å². The number of nitrogens with zero attached hydrogens (tertiary/aromatic N) is 1. The van der Waals surface area contributed by atoms with Crippen molar-refractivity contribution in [1.82, 2.24) is 4.90 Å². The largest absolute Gasteiger partial charge is 0.475 e. The van der Waals surface area contributed by atoms with Gasteiger partial charge in [0.05, 0.1) is 0 Å². The Labute approximate surface area is 132 Å². The molecule has 0 saturated carbocycles. The molecule has 2 aromatic rings. The van der Waals surface area contributed by atoms with E-state index in [-0.39, 0.29) is 18.6 Å². The van der Waals surface area contributed by atoms with E-state index in [1.165, 1.54) is 5.39 Å². The predicted octanol–water partition coefficient (Wildman–Crippen LogP) is 4.55. The molecule has 0 aromatic heterocycles. The van der Waals surface area contributed by atoms with E-state index in [0.717, 1.165) is 24.2 Å². The van der Waals surface area contributed by atoms with Gasteiger partial charge in [-0.1, -0.05) is 43.3 Å². The maximum absolute atomic E-state index is 6.10. The first-order valence-electron chi connectivity index (χ1n) is 6.70. The number of benzene rings is 2. The van der Waals surface area contributed by atoms with Crippen molar-refractivity contribution in [2.24, 2.45) is 0 Å². The molecule has 0 aliphatic heterocycles. The molecule has 0 bridgehead atoms. The van der Waals surface area contributed by atoms with Gasteiger partial charge in [-0.05, 0) is 24.9 Å². The topological polar surface area (TPSA) is 12.5 Å². The van der Waals surface area contributed by atoms with E-state index in [0.29, 0.717) is 5.88 Å². The van der Waals surface area contributed by atoms with E-state index in [2.05, 4.69) is 36.9 Å². The zero-order valence-electron chi connectivity index (χ0n) is 11.9. The monoisotopic (exact) mass is 313 g/mol. The summed E-state index contributed by atoms with van der Waals surface area (Å²) in [5, 5.41) is 2.35. The molecule has 1 unspecified atom stereocenters. The molecule has 0 amide bonds. The van der Waals surface area contributed by atoms with Crippen molar-refractivity contribution in [1.29, 1.82) is 0 Å². The van der Waals surface area contributed by atoms with Crippen LogP contribution in [0.3, 0.4) is 0 Å². The van der Waals surface area contributed by atoms with Crippen LogP contribution >= 0.6 is 24.0 Å². The summed E-state index contributed by atoms with van der Waals surface area (Å²) < 4.78 is 6.10. The van der Waals surface area contributed by atoms with Crippen molar-refractivity contribution in [2.75, 3.05) is 19.0 Å². The van der Waals surface area contributed by atoms with E-state index in [4.69, 9.17) is 16.3 Å². The summed E-state index contributed by atoms with van der Waals surface area (Å²) in [6.07, 6.45) is 0.0227. The van der Waals surface area contributed by atoms with Crippen molar-refractivity contribution in [3.8, 4) is 5.75 Å². The minimum atomic E-state index is 0. The Hall–Kier alpha value is -0.960. The lowest BCUT2D eigenvalue weighted by Gasteiger charge is -2.27. The molecule has 0 aliphatic carbocycles. The van der Waals surface area contributed by atoms with Gasteiger partial charge in [0.25, 0.3) is 0 Å².